The van der Waals surface area contributed by atoms with Crippen LogP contribution in [0.3, 0.4) is 0 Å². The minimum atomic E-state index is 0.215. The maximum absolute atomic E-state index is 8.95. The molecule has 0 saturated carbocycles. The van der Waals surface area contributed by atoms with E-state index in [1.54, 1.807) is 18.5 Å². The van der Waals surface area contributed by atoms with Crippen LogP contribution in [0.2, 0.25) is 0 Å². The number of hydrogen-bond donors (Lipinski definition) is 2. The Balaban J connectivity index is 1.48. The third kappa shape index (κ3) is 6.30. The average Bonchev–Trinajstić information content (AvgIpc) is 3.39. The van der Waals surface area contributed by atoms with Crippen molar-refractivity contribution in [1.29, 1.82) is 5.26 Å². The molecule has 4 heterocycles. The zero-order chi connectivity index (χ0) is 25.3. The number of nitrogens with one attached hydrogen (secondary N) is 1. The van der Waals surface area contributed by atoms with Crippen LogP contribution >= 0.6 is 0 Å². The molecule has 0 aliphatic carbocycles. The fourth-order valence-electron chi connectivity index (χ4n) is 3.83. The Kier molecular flexibility index (Phi) is 8.34. The highest BCUT2D eigenvalue weighted by Gasteiger charge is 2.16. The second-order valence-corrected chi connectivity index (χ2v) is 8.44. The van der Waals surface area contributed by atoms with Gasteiger partial charge in [-0.2, -0.15) is 5.26 Å². The average molecular weight is 484 g/mol. The Morgan fingerprint density at radius 1 is 1.28 bits per heavy atom. The van der Waals surface area contributed by atoms with Crippen molar-refractivity contribution < 1.29 is 9.26 Å². The molecule has 0 radical (unpaired) electrons. The van der Waals surface area contributed by atoms with Crippen molar-refractivity contribution in [2.24, 2.45) is 0 Å². The van der Waals surface area contributed by atoms with Crippen LogP contribution < -0.4 is 11.1 Å². The van der Waals surface area contributed by atoms with Crippen LogP contribution in [0.25, 0.3) is 28.3 Å². The maximum atomic E-state index is 8.95. The van der Waals surface area contributed by atoms with Gasteiger partial charge in [-0.3, -0.25) is 4.98 Å². The van der Waals surface area contributed by atoms with Crippen LogP contribution in [0.5, 0.6) is 0 Å². The Labute approximate surface area is 210 Å². The number of hydrogen-bond acceptors (Lipinski definition) is 9. The minimum Gasteiger partial charge on any atom is -0.382 e. The number of allylic oxidation sites excluding steroid dienone is 3. The number of rotatable bonds is 9. The van der Waals surface area contributed by atoms with Gasteiger partial charge in [-0.15, -0.1) is 0 Å². The van der Waals surface area contributed by atoms with Crippen LogP contribution in [0.15, 0.2) is 65.5 Å². The molecule has 9 nitrogen and oxygen atoms in total. The van der Waals surface area contributed by atoms with E-state index in [1.807, 2.05) is 37.3 Å². The molecule has 3 aromatic heterocycles. The smallest absolute Gasteiger partial charge is 0.189 e. The fourth-order valence-corrected chi connectivity index (χ4v) is 3.83. The summed E-state index contributed by atoms with van der Waals surface area (Å²) in [6, 6.07) is 7.98. The van der Waals surface area contributed by atoms with E-state index >= 15 is 0 Å². The van der Waals surface area contributed by atoms with E-state index < -0.39 is 0 Å². The van der Waals surface area contributed by atoms with Gasteiger partial charge in [0, 0.05) is 43.6 Å². The monoisotopic (exact) mass is 483 g/mol. The molecule has 3 aromatic rings. The van der Waals surface area contributed by atoms with Gasteiger partial charge in [0.15, 0.2) is 17.3 Å². The number of pyridine rings is 1. The van der Waals surface area contributed by atoms with Gasteiger partial charge < -0.3 is 20.3 Å². The molecule has 1 aliphatic rings. The zero-order valence-electron chi connectivity index (χ0n) is 20.3. The molecule has 1 saturated heterocycles. The molecule has 0 bridgehead atoms. The molecule has 36 heavy (non-hydrogen) atoms. The summed E-state index contributed by atoms with van der Waals surface area (Å²) in [4.78, 5) is 13.1. The minimum absolute atomic E-state index is 0.215. The van der Waals surface area contributed by atoms with Gasteiger partial charge in [-0.05, 0) is 43.0 Å². The number of nitrogens with zero attached hydrogens (tertiary/aromatic N) is 5. The Bertz CT molecular complexity index is 1310. The van der Waals surface area contributed by atoms with Crippen molar-refractivity contribution in [2.45, 2.75) is 32.2 Å². The van der Waals surface area contributed by atoms with Crippen LogP contribution in [-0.2, 0) is 11.2 Å². The molecule has 3 N–H and O–H groups in total. The van der Waals surface area contributed by atoms with Gasteiger partial charge in [0.1, 0.15) is 5.69 Å². The topological polar surface area (TPSA) is 136 Å². The Hall–Kier alpha value is -4.13. The van der Waals surface area contributed by atoms with E-state index in [1.165, 1.54) is 0 Å². The van der Waals surface area contributed by atoms with E-state index in [-0.39, 0.29) is 12.2 Å². The van der Waals surface area contributed by atoms with Gasteiger partial charge in [0.05, 0.1) is 30.1 Å². The summed E-state index contributed by atoms with van der Waals surface area (Å²) in [5.74, 6) is 0.647. The summed E-state index contributed by atoms with van der Waals surface area (Å²) < 4.78 is 11.0. The molecule has 0 unspecified atom stereocenters. The molecule has 0 amide bonds. The molecule has 0 aromatic carbocycles. The molecule has 4 rings (SSSR count). The second kappa shape index (κ2) is 12.0. The molecule has 1 aliphatic heterocycles. The zero-order valence-corrected chi connectivity index (χ0v) is 20.3. The predicted molar refractivity (Wildman–Crippen MR) is 138 cm³/mol. The highest BCUT2D eigenvalue weighted by atomic mass is 16.5. The summed E-state index contributed by atoms with van der Waals surface area (Å²) in [6.07, 6.45) is 11.4. The van der Waals surface area contributed by atoms with Crippen LogP contribution in [0.1, 0.15) is 31.2 Å². The lowest BCUT2D eigenvalue weighted by molar-refractivity contribution is 0.0788. The van der Waals surface area contributed by atoms with Crippen LogP contribution in [-0.4, -0.2) is 45.9 Å². The number of nitrogens with two attached hydrogens (primary N) is 1. The van der Waals surface area contributed by atoms with E-state index in [4.69, 9.17) is 20.3 Å². The van der Waals surface area contributed by atoms with Gasteiger partial charge in [0.2, 0.25) is 0 Å². The molecule has 184 valence electrons. The van der Waals surface area contributed by atoms with E-state index in [2.05, 4.69) is 38.1 Å². The van der Waals surface area contributed by atoms with Gasteiger partial charge >= 0.3 is 0 Å². The first-order valence-electron chi connectivity index (χ1n) is 11.8. The number of anilines is 1. The van der Waals surface area contributed by atoms with Crippen LogP contribution in [0, 0.1) is 11.3 Å². The summed E-state index contributed by atoms with van der Waals surface area (Å²) in [6.45, 7) is 8.41. The summed E-state index contributed by atoms with van der Waals surface area (Å²) in [5, 5.41) is 16.7. The highest BCUT2D eigenvalue weighted by Crippen LogP contribution is 2.28. The van der Waals surface area contributed by atoms with Crippen molar-refractivity contribution in [3.63, 3.8) is 0 Å². The standard InChI is InChI=1S/C27H29N7O2/c1-3-19(5-4-18(2)16-31-21-8-12-35-13-9-21)23-15-25(36-34-23)26-27(29)32-17-24(33-26)20-7-11-30-22(14-20)6-10-28/h3-5,7,11,14-15,17,21,31H,2,6,8-9,12-13,16H2,1H3,(H2,29,32)/b5-4-,19-3+. The lowest BCUT2D eigenvalue weighted by atomic mass is 10.1. The molecule has 0 atom stereocenters. The quantitative estimate of drug-likeness (QED) is 0.431. The molecule has 1 fully saturated rings. The molecule has 0 spiro atoms. The lowest BCUT2D eigenvalue weighted by Crippen LogP contribution is -2.35. The SMILES string of the molecule is C=C(/C=C\C(=C/C)c1cc(-c2nc(-c3ccnc(CC#N)c3)cnc2N)on1)CNC1CCOCC1. The van der Waals surface area contributed by atoms with Gasteiger partial charge in [-0.25, -0.2) is 9.97 Å². The summed E-state index contributed by atoms with van der Waals surface area (Å²) in [7, 11) is 0. The maximum Gasteiger partial charge on any atom is 0.189 e. The van der Waals surface area contributed by atoms with Crippen LogP contribution in [0.4, 0.5) is 5.82 Å². The number of aromatic nitrogens is 4. The third-order valence-corrected chi connectivity index (χ3v) is 5.86. The lowest BCUT2D eigenvalue weighted by Gasteiger charge is -2.23. The first-order valence-corrected chi connectivity index (χ1v) is 11.8. The van der Waals surface area contributed by atoms with Crippen molar-refractivity contribution in [3.05, 3.63) is 72.4 Å². The second-order valence-electron chi connectivity index (χ2n) is 8.44. The van der Waals surface area contributed by atoms with Crippen molar-refractivity contribution >= 4 is 11.4 Å². The van der Waals surface area contributed by atoms with E-state index in [0.29, 0.717) is 41.1 Å². The number of nitriles is 1. The van der Waals surface area contributed by atoms with Crippen molar-refractivity contribution in [3.8, 4) is 28.8 Å². The summed E-state index contributed by atoms with van der Waals surface area (Å²) in [5.41, 5.74) is 11.1. The number of ether oxygens (including phenoxy) is 1. The molecule has 9 heteroatoms. The largest absolute Gasteiger partial charge is 0.382 e. The van der Waals surface area contributed by atoms with Gasteiger partial charge in [0.25, 0.3) is 0 Å². The fraction of sp³-hybridized carbons (Fsp3) is 0.296. The first-order chi connectivity index (χ1) is 17.6. The highest BCUT2D eigenvalue weighted by molar-refractivity contribution is 5.76. The molecular formula is C27H29N7O2. The number of nitrogen functional groups attached to an aromatic ring is 1. The Morgan fingerprint density at radius 3 is 2.89 bits per heavy atom. The summed E-state index contributed by atoms with van der Waals surface area (Å²) >= 11 is 0. The van der Waals surface area contributed by atoms with Crippen molar-refractivity contribution in [1.82, 2.24) is 25.4 Å². The Morgan fingerprint density at radius 2 is 2.11 bits per heavy atom. The first kappa shape index (κ1) is 25.0. The van der Waals surface area contributed by atoms with Gasteiger partial charge in [-0.1, -0.05) is 30.0 Å². The molecular weight excluding hydrogens is 454 g/mol. The van der Waals surface area contributed by atoms with Crippen molar-refractivity contribution in [2.75, 3.05) is 25.5 Å². The van der Waals surface area contributed by atoms with E-state index in [0.717, 1.165) is 42.8 Å². The third-order valence-electron chi connectivity index (χ3n) is 5.86. The predicted octanol–water partition coefficient (Wildman–Crippen LogP) is 4.13. The normalized spacial score (nSPS) is 14.7. The van der Waals surface area contributed by atoms with E-state index in [9.17, 15) is 0 Å².